The smallest absolute Gasteiger partial charge is 0.224 e. The van der Waals surface area contributed by atoms with Crippen molar-refractivity contribution < 1.29 is 4.79 Å². The second-order valence-electron chi connectivity index (χ2n) is 5.59. The summed E-state index contributed by atoms with van der Waals surface area (Å²) in [6, 6.07) is 14.4. The second-order valence-corrected chi connectivity index (χ2v) is 5.59. The first kappa shape index (κ1) is 13.7. The van der Waals surface area contributed by atoms with Crippen LogP contribution in [0.15, 0.2) is 42.5 Å². The number of carbonyl (C=O) groups excluding carboxylic acids is 1. The minimum atomic E-state index is 0.0717. The maximum Gasteiger partial charge on any atom is 0.224 e. The van der Waals surface area contributed by atoms with E-state index < -0.39 is 0 Å². The van der Waals surface area contributed by atoms with Crippen molar-refractivity contribution in [2.45, 2.75) is 26.2 Å². The molecule has 0 saturated heterocycles. The number of aryl methyl sites for hydroxylation is 2. The van der Waals surface area contributed by atoms with Gasteiger partial charge in [-0.25, -0.2) is 0 Å². The van der Waals surface area contributed by atoms with Gasteiger partial charge in [-0.05, 0) is 49.1 Å². The van der Waals surface area contributed by atoms with Crippen LogP contribution in [0, 0.1) is 6.92 Å². The van der Waals surface area contributed by atoms with E-state index in [0.29, 0.717) is 6.42 Å². The highest BCUT2D eigenvalue weighted by molar-refractivity contribution is 5.91. The number of hydrogen-bond acceptors (Lipinski definition) is 2. The SMILES string of the molecule is Cc1cccc(CCC(=O)Nc2ccc3c(c2)CCN3)c1. The van der Waals surface area contributed by atoms with Crippen LogP contribution in [-0.2, 0) is 17.6 Å². The third kappa shape index (κ3) is 3.43. The molecule has 3 nitrogen and oxygen atoms in total. The molecule has 0 fully saturated rings. The Labute approximate surface area is 125 Å². The molecule has 0 aliphatic carbocycles. The number of fused-ring (bicyclic) bond motifs is 1. The van der Waals surface area contributed by atoms with E-state index in [2.05, 4.69) is 41.8 Å². The Kier molecular flexibility index (Phi) is 3.91. The number of carbonyl (C=O) groups is 1. The summed E-state index contributed by atoms with van der Waals surface area (Å²) in [6.07, 6.45) is 2.32. The van der Waals surface area contributed by atoms with E-state index in [0.717, 1.165) is 25.1 Å². The molecule has 108 valence electrons. The van der Waals surface area contributed by atoms with Crippen molar-refractivity contribution in [3.63, 3.8) is 0 Å². The third-order valence-corrected chi connectivity index (χ3v) is 3.82. The summed E-state index contributed by atoms with van der Waals surface area (Å²) >= 11 is 0. The highest BCUT2D eigenvalue weighted by atomic mass is 16.1. The maximum atomic E-state index is 12.0. The monoisotopic (exact) mass is 280 g/mol. The van der Waals surface area contributed by atoms with Gasteiger partial charge in [0.1, 0.15) is 0 Å². The van der Waals surface area contributed by atoms with Crippen molar-refractivity contribution in [1.82, 2.24) is 0 Å². The van der Waals surface area contributed by atoms with Crippen molar-refractivity contribution in [2.24, 2.45) is 0 Å². The summed E-state index contributed by atoms with van der Waals surface area (Å²) in [4.78, 5) is 12.0. The lowest BCUT2D eigenvalue weighted by atomic mass is 10.1. The Morgan fingerprint density at radius 3 is 3.00 bits per heavy atom. The maximum absolute atomic E-state index is 12.0. The molecule has 0 atom stereocenters. The standard InChI is InChI=1S/C18H20N2O/c1-13-3-2-4-14(11-13)5-8-18(21)20-16-6-7-17-15(12-16)9-10-19-17/h2-4,6-7,11-12,19H,5,8-10H2,1H3,(H,20,21). The van der Waals surface area contributed by atoms with Gasteiger partial charge < -0.3 is 10.6 Å². The lowest BCUT2D eigenvalue weighted by Crippen LogP contribution is -2.12. The van der Waals surface area contributed by atoms with Crippen LogP contribution in [0.2, 0.25) is 0 Å². The van der Waals surface area contributed by atoms with Crippen LogP contribution in [-0.4, -0.2) is 12.5 Å². The molecular weight excluding hydrogens is 260 g/mol. The Balaban J connectivity index is 1.57. The number of hydrogen-bond donors (Lipinski definition) is 2. The fraction of sp³-hybridized carbons (Fsp3) is 0.278. The highest BCUT2D eigenvalue weighted by Crippen LogP contribution is 2.25. The summed E-state index contributed by atoms with van der Waals surface area (Å²) in [5.74, 6) is 0.0717. The first-order valence-corrected chi connectivity index (χ1v) is 7.43. The average molecular weight is 280 g/mol. The van der Waals surface area contributed by atoms with Gasteiger partial charge in [-0.3, -0.25) is 4.79 Å². The van der Waals surface area contributed by atoms with Crippen molar-refractivity contribution in [1.29, 1.82) is 0 Å². The molecule has 2 N–H and O–H groups in total. The van der Waals surface area contributed by atoms with Gasteiger partial charge in [0.2, 0.25) is 5.91 Å². The topological polar surface area (TPSA) is 41.1 Å². The van der Waals surface area contributed by atoms with Crippen LogP contribution in [0.3, 0.4) is 0 Å². The summed E-state index contributed by atoms with van der Waals surface area (Å²) in [5, 5.41) is 6.31. The predicted octanol–water partition coefficient (Wildman–Crippen LogP) is 3.53. The molecule has 1 aliphatic heterocycles. The quantitative estimate of drug-likeness (QED) is 0.899. The van der Waals surface area contributed by atoms with Crippen LogP contribution in [0.25, 0.3) is 0 Å². The van der Waals surface area contributed by atoms with Crippen LogP contribution < -0.4 is 10.6 Å². The molecule has 1 aliphatic rings. The molecule has 0 spiro atoms. The number of rotatable bonds is 4. The van der Waals surface area contributed by atoms with Gasteiger partial charge in [0.05, 0.1) is 0 Å². The zero-order valence-electron chi connectivity index (χ0n) is 12.3. The lowest BCUT2D eigenvalue weighted by Gasteiger charge is -2.08. The molecule has 0 unspecified atom stereocenters. The minimum Gasteiger partial charge on any atom is -0.384 e. The van der Waals surface area contributed by atoms with Gasteiger partial charge in [-0.2, -0.15) is 0 Å². The zero-order valence-corrected chi connectivity index (χ0v) is 12.3. The normalized spacial score (nSPS) is 12.6. The molecule has 2 aromatic carbocycles. The molecule has 0 saturated carbocycles. The second kappa shape index (κ2) is 6.00. The molecule has 0 aromatic heterocycles. The lowest BCUT2D eigenvalue weighted by molar-refractivity contribution is -0.116. The van der Waals surface area contributed by atoms with Crippen LogP contribution in [0.1, 0.15) is 23.1 Å². The summed E-state index contributed by atoms with van der Waals surface area (Å²) in [5.41, 5.74) is 5.81. The van der Waals surface area contributed by atoms with E-state index in [-0.39, 0.29) is 5.91 Å². The molecule has 1 heterocycles. The van der Waals surface area contributed by atoms with Crippen molar-refractivity contribution in [3.8, 4) is 0 Å². The van der Waals surface area contributed by atoms with Crippen LogP contribution >= 0.6 is 0 Å². The Morgan fingerprint density at radius 2 is 2.14 bits per heavy atom. The van der Waals surface area contributed by atoms with E-state index >= 15 is 0 Å². The Morgan fingerprint density at radius 1 is 1.24 bits per heavy atom. The van der Waals surface area contributed by atoms with E-state index in [1.165, 1.54) is 22.4 Å². The minimum absolute atomic E-state index is 0.0717. The van der Waals surface area contributed by atoms with Gasteiger partial charge in [0.25, 0.3) is 0 Å². The van der Waals surface area contributed by atoms with Crippen molar-refractivity contribution in [2.75, 3.05) is 17.2 Å². The molecule has 0 bridgehead atoms. The van der Waals surface area contributed by atoms with Gasteiger partial charge in [0.15, 0.2) is 0 Å². The largest absolute Gasteiger partial charge is 0.384 e. The van der Waals surface area contributed by atoms with Crippen LogP contribution in [0.5, 0.6) is 0 Å². The summed E-state index contributed by atoms with van der Waals surface area (Å²) in [6.45, 7) is 3.06. The van der Waals surface area contributed by atoms with E-state index in [1.807, 2.05) is 18.2 Å². The van der Waals surface area contributed by atoms with Gasteiger partial charge >= 0.3 is 0 Å². The Hall–Kier alpha value is -2.29. The predicted molar refractivity (Wildman–Crippen MR) is 86.8 cm³/mol. The summed E-state index contributed by atoms with van der Waals surface area (Å²) < 4.78 is 0. The van der Waals surface area contributed by atoms with E-state index in [4.69, 9.17) is 0 Å². The highest BCUT2D eigenvalue weighted by Gasteiger charge is 2.11. The molecule has 0 radical (unpaired) electrons. The average Bonchev–Trinajstić information content (AvgIpc) is 2.93. The number of benzene rings is 2. The van der Waals surface area contributed by atoms with Gasteiger partial charge in [-0.1, -0.05) is 29.8 Å². The molecule has 1 amide bonds. The zero-order chi connectivity index (χ0) is 14.7. The fourth-order valence-corrected chi connectivity index (χ4v) is 2.73. The third-order valence-electron chi connectivity index (χ3n) is 3.82. The number of anilines is 2. The van der Waals surface area contributed by atoms with Gasteiger partial charge in [-0.15, -0.1) is 0 Å². The molecule has 2 aromatic rings. The Bertz CT molecular complexity index is 664. The first-order valence-electron chi connectivity index (χ1n) is 7.43. The van der Waals surface area contributed by atoms with Crippen molar-refractivity contribution in [3.05, 3.63) is 59.2 Å². The molecule has 3 heteroatoms. The van der Waals surface area contributed by atoms with E-state index in [9.17, 15) is 4.79 Å². The number of nitrogens with one attached hydrogen (secondary N) is 2. The van der Waals surface area contributed by atoms with E-state index in [1.54, 1.807) is 0 Å². The fourth-order valence-electron chi connectivity index (χ4n) is 2.73. The first-order chi connectivity index (χ1) is 10.2. The van der Waals surface area contributed by atoms with Crippen molar-refractivity contribution >= 4 is 17.3 Å². The molecular formula is C18H20N2O. The number of amides is 1. The molecule has 21 heavy (non-hydrogen) atoms. The van der Waals surface area contributed by atoms with Crippen LogP contribution in [0.4, 0.5) is 11.4 Å². The molecule has 3 rings (SSSR count). The summed E-state index contributed by atoms with van der Waals surface area (Å²) in [7, 11) is 0. The van der Waals surface area contributed by atoms with Gasteiger partial charge in [0, 0.05) is 24.3 Å².